The molecule has 0 aliphatic carbocycles. The monoisotopic (exact) mass is 445 g/mol. The summed E-state index contributed by atoms with van der Waals surface area (Å²) in [5.41, 5.74) is 4.47. The molecule has 0 saturated carbocycles. The lowest BCUT2D eigenvalue weighted by Crippen LogP contribution is -2.13. The van der Waals surface area contributed by atoms with E-state index in [9.17, 15) is 0 Å². The van der Waals surface area contributed by atoms with Crippen LogP contribution in [0.4, 0.5) is 0 Å². The van der Waals surface area contributed by atoms with Crippen molar-refractivity contribution in [1.29, 1.82) is 10.8 Å². The summed E-state index contributed by atoms with van der Waals surface area (Å²) < 4.78 is 9.10. The van der Waals surface area contributed by atoms with Crippen LogP contribution in [0.5, 0.6) is 0 Å². The Hall–Kier alpha value is -4.22. The summed E-state index contributed by atoms with van der Waals surface area (Å²) in [5.74, 6) is -0.0879. The molecule has 4 aromatic carbocycles. The van der Waals surface area contributed by atoms with Crippen molar-refractivity contribution >= 4 is 55.0 Å². The Morgan fingerprint density at radius 2 is 1.45 bits per heavy atom. The molecule has 4 nitrogen and oxygen atoms in total. The number of nitrogens with one attached hydrogen (secondary N) is 2. The lowest BCUT2D eigenvalue weighted by atomic mass is 10.1. The molecule has 0 aliphatic rings. The zero-order valence-electron chi connectivity index (χ0n) is 17.6. The van der Waals surface area contributed by atoms with Crippen molar-refractivity contribution in [2.24, 2.45) is 0 Å². The Labute approximate surface area is 194 Å². The Bertz CT molecular complexity index is 1680. The molecule has 0 aliphatic heterocycles. The van der Waals surface area contributed by atoms with Crippen molar-refractivity contribution in [1.82, 2.24) is 4.57 Å². The van der Waals surface area contributed by atoms with Gasteiger partial charge in [-0.1, -0.05) is 48.5 Å². The zero-order valence-corrected chi connectivity index (χ0v) is 18.4. The summed E-state index contributed by atoms with van der Waals surface area (Å²) in [4.78, 5) is 0. The first-order valence-corrected chi connectivity index (χ1v) is 11.5. The average molecular weight is 446 g/mol. The van der Waals surface area contributed by atoms with Crippen LogP contribution >= 0.6 is 11.3 Å². The molecule has 0 unspecified atom stereocenters. The average Bonchev–Trinajstić information content (AvgIpc) is 3.47. The number of nitrogens with zero attached hydrogens (tertiary/aromatic N) is 1. The predicted octanol–water partition coefficient (Wildman–Crippen LogP) is 7.37. The molecule has 0 spiro atoms. The first-order chi connectivity index (χ1) is 16.2. The fourth-order valence-corrected chi connectivity index (χ4v) is 5.31. The van der Waals surface area contributed by atoms with Crippen LogP contribution < -0.4 is 0 Å². The van der Waals surface area contributed by atoms with Crippen molar-refractivity contribution < 1.29 is 4.74 Å². The second-order valence-electron chi connectivity index (χ2n) is 7.83. The second-order valence-corrected chi connectivity index (χ2v) is 8.74. The smallest absolute Gasteiger partial charge is 0.221 e. The molecule has 6 rings (SSSR count). The Balaban J connectivity index is 1.47. The van der Waals surface area contributed by atoms with E-state index in [2.05, 4.69) is 52.4 Å². The number of fused-ring (bicyclic) bond motifs is 5. The molecule has 0 saturated heterocycles. The van der Waals surface area contributed by atoms with Crippen LogP contribution in [0, 0.1) is 10.8 Å². The van der Waals surface area contributed by atoms with E-state index in [1.165, 1.54) is 20.9 Å². The highest BCUT2D eigenvalue weighted by Crippen LogP contribution is 2.38. The van der Waals surface area contributed by atoms with Crippen LogP contribution in [0.15, 0.2) is 102 Å². The molecule has 0 amide bonds. The Morgan fingerprint density at radius 1 is 0.697 bits per heavy atom. The summed E-state index contributed by atoms with van der Waals surface area (Å²) in [6, 6.07) is 31.9. The molecular formula is C28H19N3OS. The molecule has 2 N–H and O–H groups in total. The maximum atomic E-state index is 8.47. The Morgan fingerprint density at radius 3 is 2.33 bits per heavy atom. The molecular weight excluding hydrogens is 426 g/mol. The molecule has 6 aromatic rings. The zero-order chi connectivity index (χ0) is 22.4. The van der Waals surface area contributed by atoms with Crippen molar-refractivity contribution in [3.05, 3.63) is 114 Å². The third-order valence-corrected chi connectivity index (χ3v) is 6.81. The normalized spacial score (nSPS) is 11.3. The van der Waals surface area contributed by atoms with Crippen molar-refractivity contribution in [3.63, 3.8) is 0 Å². The minimum absolute atomic E-state index is 0.0389. The maximum absolute atomic E-state index is 8.47. The maximum Gasteiger partial charge on any atom is 0.221 e. The van der Waals surface area contributed by atoms with Crippen molar-refractivity contribution in [2.45, 2.75) is 0 Å². The summed E-state index contributed by atoms with van der Waals surface area (Å²) in [6.07, 6.45) is 0. The van der Waals surface area contributed by atoms with Crippen LogP contribution in [0.3, 0.4) is 0 Å². The molecule has 2 aromatic heterocycles. The molecule has 0 bridgehead atoms. The number of hydrogen-bond acceptors (Lipinski definition) is 4. The molecule has 0 fully saturated rings. The van der Waals surface area contributed by atoms with Gasteiger partial charge in [-0.05, 0) is 59.3 Å². The highest BCUT2D eigenvalue weighted by atomic mass is 32.1. The molecule has 158 valence electrons. The van der Waals surface area contributed by atoms with Gasteiger partial charge in [0.25, 0.3) is 0 Å². The minimum Gasteiger partial charge on any atom is -0.421 e. The van der Waals surface area contributed by atoms with E-state index in [1.54, 1.807) is 23.5 Å². The lowest BCUT2D eigenvalue weighted by molar-refractivity contribution is 0.538. The first-order valence-electron chi connectivity index (χ1n) is 10.6. The van der Waals surface area contributed by atoms with Gasteiger partial charge in [-0.25, -0.2) is 0 Å². The molecule has 0 atom stereocenters. The predicted molar refractivity (Wildman–Crippen MR) is 137 cm³/mol. The number of rotatable bonds is 3. The van der Waals surface area contributed by atoms with E-state index in [-0.39, 0.29) is 11.8 Å². The van der Waals surface area contributed by atoms with Gasteiger partial charge < -0.3 is 9.30 Å². The summed E-state index contributed by atoms with van der Waals surface area (Å²) >= 11 is 1.76. The Kier molecular flexibility index (Phi) is 4.56. The van der Waals surface area contributed by atoms with E-state index < -0.39 is 0 Å². The van der Waals surface area contributed by atoms with Gasteiger partial charge in [0.2, 0.25) is 11.8 Å². The van der Waals surface area contributed by atoms with E-state index in [0.717, 1.165) is 16.7 Å². The number of ether oxygens (including phenoxy) is 1. The van der Waals surface area contributed by atoms with Crippen molar-refractivity contribution in [3.8, 4) is 5.69 Å². The first kappa shape index (κ1) is 19.5. The van der Waals surface area contributed by atoms with E-state index in [4.69, 9.17) is 15.6 Å². The highest BCUT2D eigenvalue weighted by Gasteiger charge is 2.16. The molecule has 2 heterocycles. The van der Waals surface area contributed by atoms with E-state index >= 15 is 0 Å². The topological polar surface area (TPSA) is 61.9 Å². The SMILES string of the molecule is N=C(OC(=N)c1cccc(-n2c3ccccc3c3c4sccc4ccc32)c1)c1ccccc1. The van der Waals surface area contributed by atoms with Gasteiger partial charge >= 0.3 is 0 Å². The van der Waals surface area contributed by atoms with Gasteiger partial charge in [-0.15, -0.1) is 11.3 Å². The number of benzene rings is 4. The molecule has 33 heavy (non-hydrogen) atoms. The minimum atomic E-state index is -0.0490. The van der Waals surface area contributed by atoms with Crippen LogP contribution in [-0.4, -0.2) is 16.4 Å². The molecule has 5 heteroatoms. The fourth-order valence-electron chi connectivity index (χ4n) is 4.35. The lowest BCUT2D eigenvalue weighted by Gasteiger charge is -2.12. The van der Waals surface area contributed by atoms with Gasteiger partial charge in [0.05, 0.1) is 11.0 Å². The number of para-hydroxylation sites is 1. The van der Waals surface area contributed by atoms with E-state index in [1.807, 2.05) is 42.5 Å². The fraction of sp³-hybridized carbons (Fsp3) is 0. The van der Waals surface area contributed by atoms with Crippen LogP contribution in [0.1, 0.15) is 11.1 Å². The second kappa shape index (κ2) is 7.73. The van der Waals surface area contributed by atoms with Crippen molar-refractivity contribution in [2.75, 3.05) is 0 Å². The third-order valence-electron chi connectivity index (χ3n) is 5.86. The van der Waals surface area contributed by atoms with Crippen LogP contribution in [0.2, 0.25) is 0 Å². The van der Waals surface area contributed by atoms with Crippen LogP contribution in [0.25, 0.3) is 37.6 Å². The highest BCUT2D eigenvalue weighted by molar-refractivity contribution is 7.18. The van der Waals surface area contributed by atoms with Gasteiger partial charge in [0, 0.05) is 32.3 Å². The number of hydrogen-bond donors (Lipinski definition) is 2. The summed E-state index contributed by atoms with van der Waals surface area (Å²) in [6.45, 7) is 0. The standard InChI is InChI=1S/C28H19N3OS/c29-27(19-7-2-1-3-8-19)32-28(30)20-9-6-10-21(17-20)31-23-12-5-4-11-22(23)25-24(31)14-13-18-15-16-33-26(18)25/h1-17,29-30H. The van der Waals surface area contributed by atoms with Gasteiger partial charge in [0.1, 0.15) is 0 Å². The third kappa shape index (κ3) is 3.22. The van der Waals surface area contributed by atoms with Crippen LogP contribution in [-0.2, 0) is 4.74 Å². The van der Waals surface area contributed by atoms with E-state index in [0.29, 0.717) is 11.1 Å². The van der Waals surface area contributed by atoms with Gasteiger partial charge in [-0.3, -0.25) is 10.8 Å². The van der Waals surface area contributed by atoms with Gasteiger partial charge in [0.15, 0.2) is 0 Å². The largest absolute Gasteiger partial charge is 0.421 e. The van der Waals surface area contributed by atoms with Gasteiger partial charge in [-0.2, -0.15) is 0 Å². The number of thiophene rings is 1. The summed E-state index contributed by atoms with van der Waals surface area (Å²) in [7, 11) is 0. The summed E-state index contributed by atoms with van der Waals surface area (Å²) in [5, 5.41) is 22.5. The quantitative estimate of drug-likeness (QED) is 0.217. The number of aromatic nitrogens is 1. The molecule has 0 radical (unpaired) electrons.